The molecule has 1 heterocycles. The molecule has 7 nitrogen and oxygen atoms in total. The van der Waals surface area contributed by atoms with E-state index in [2.05, 4.69) is 10.3 Å². The average Bonchev–Trinajstić information content (AvgIpc) is 2.28. The summed E-state index contributed by atoms with van der Waals surface area (Å²) < 4.78 is 0. The Morgan fingerprint density at radius 1 is 1.41 bits per heavy atom. The normalized spacial score (nSPS) is 10.1. The highest BCUT2D eigenvalue weighted by Gasteiger charge is 2.15. The molecule has 1 aromatic carbocycles. The number of amides is 1. The van der Waals surface area contributed by atoms with E-state index in [1.807, 2.05) is 0 Å². The predicted octanol–water partition coefficient (Wildman–Crippen LogP) is 2.23. The van der Waals surface area contributed by atoms with Crippen LogP contribution < -0.4 is 5.32 Å². The van der Waals surface area contributed by atoms with Crippen molar-refractivity contribution in [2.45, 2.75) is 0 Å². The zero-order valence-corrected chi connectivity index (χ0v) is 8.45. The van der Waals surface area contributed by atoms with E-state index in [1.165, 1.54) is 24.4 Å². The van der Waals surface area contributed by atoms with Crippen LogP contribution in [0.5, 0.6) is 0 Å². The van der Waals surface area contributed by atoms with Crippen molar-refractivity contribution in [2.24, 2.45) is 0 Å². The van der Waals surface area contributed by atoms with Gasteiger partial charge in [-0.15, -0.1) is 0 Å². The van der Waals surface area contributed by atoms with Gasteiger partial charge >= 0.3 is 6.09 Å². The molecule has 0 fully saturated rings. The zero-order valence-electron chi connectivity index (χ0n) is 8.45. The molecule has 0 spiro atoms. The molecule has 0 aliphatic rings. The molecular formula is C10H7N3O4. The van der Waals surface area contributed by atoms with Crippen LogP contribution in [0.4, 0.5) is 16.2 Å². The maximum Gasteiger partial charge on any atom is 0.409 e. The van der Waals surface area contributed by atoms with Gasteiger partial charge in [-0.1, -0.05) is 0 Å². The van der Waals surface area contributed by atoms with E-state index in [1.54, 1.807) is 6.07 Å². The first-order valence-electron chi connectivity index (χ1n) is 4.61. The molecule has 0 aliphatic carbocycles. The first-order chi connectivity index (χ1) is 8.09. The van der Waals surface area contributed by atoms with Crippen molar-refractivity contribution in [3.05, 3.63) is 40.6 Å². The standard InChI is InChI=1S/C10H7N3O4/c14-10(15)12-7-3-4-8(13(16)17)6-2-1-5-11-9(6)7/h1-5,12H,(H,14,15). The Kier molecular flexibility index (Phi) is 2.57. The molecule has 17 heavy (non-hydrogen) atoms. The number of nitrogens with zero attached hydrogens (tertiary/aromatic N) is 2. The van der Waals surface area contributed by atoms with Crippen LogP contribution in [0.3, 0.4) is 0 Å². The maximum absolute atomic E-state index is 10.8. The van der Waals surface area contributed by atoms with Crippen molar-refractivity contribution in [2.75, 3.05) is 5.32 Å². The van der Waals surface area contributed by atoms with E-state index in [4.69, 9.17) is 5.11 Å². The van der Waals surface area contributed by atoms with Crippen molar-refractivity contribution in [1.29, 1.82) is 0 Å². The van der Waals surface area contributed by atoms with Gasteiger partial charge in [-0.3, -0.25) is 20.4 Å². The van der Waals surface area contributed by atoms with Crippen LogP contribution in [-0.4, -0.2) is 21.1 Å². The fraction of sp³-hybridized carbons (Fsp3) is 0. The lowest BCUT2D eigenvalue weighted by Gasteiger charge is -2.05. The van der Waals surface area contributed by atoms with Crippen LogP contribution in [0, 0.1) is 10.1 Å². The van der Waals surface area contributed by atoms with Crippen LogP contribution in [-0.2, 0) is 0 Å². The van der Waals surface area contributed by atoms with Gasteiger partial charge in [0.2, 0.25) is 0 Å². The van der Waals surface area contributed by atoms with Gasteiger partial charge in [-0.2, -0.15) is 0 Å². The molecule has 0 unspecified atom stereocenters. The molecule has 2 N–H and O–H groups in total. The molecule has 2 aromatic rings. The molecule has 0 saturated carbocycles. The number of non-ortho nitro benzene ring substituents is 1. The molecule has 0 saturated heterocycles. The van der Waals surface area contributed by atoms with Crippen LogP contribution in [0.15, 0.2) is 30.5 Å². The highest BCUT2D eigenvalue weighted by Crippen LogP contribution is 2.29. The van der Waals surface area contributed by atoms with Crippen molar-refractivity contribution in [3.8, 4) is 0 Å². The second-order valence-corrected chi connectivity index (χ2v) is 3.22. The summed E-state index contributed by atoms with van der Waals surface area (Å²) in [6.45, 7) is 0. The Morgan fingerprint density at radius 2 is 2.18 bits per heavy atom. The minimum absolute atomic E-state index is 0.107. The fourth-order valence-corrected chi connectivity index (χ4v) is 1.53. The third-order valence-electron chi connectivity index (χ3n) is 2.18. The van der Waals surface area contributed by atoms with Crippen LogP contribution in [0.2, 0.25) is 0 Å². The molecule has 1 aromatic heterocycles. The van der Waals surface area contributed by atoms with E-state index < -0.39 is 11.0 Å². The Balaban J connectivity index is 2.70. The summed E-state index contributed by atoms with van der Waals surface area (Å²) >= 11 is 0. The van der Waals surface area contributed by atoms with Crippen LogP contribution in [0.25, 0.3) is 10.9 Å². The minimum atomic E-state index is -1.24. The lowest BCUT2D eigenvalue weighted by molar-refractivity contribution is -0.383. The van der Waals surface area contributed by atoms with E-state index in [-0.39, 0.29) is 16.9 Å². The largest absolute Gasteiger partial charge is 0.465 e. The lowest BCUT2D eigenvalue weighted by atomic mass is 10.1. The van der Waals surface area contributed by atoms with Crippen molar-refractivity contribution in [1.82, 2.24) is 4.98 Å². The number of rotatable bonds is 2. The van der Waals surface area contributed by atoms with Crippen LogP contribution in [0.1, 0.15) is 0 Å². The number of aromatic nitrogens is 1. The summed E-state index contributed by atoms with van der Waals surface area (Å²) in [6, 6.07) is 5.64. The topological polar surface area (TPSA) is 105 Å². The Morgan fingerprint density at radius 3 is 2.82 bits per heavy atom. The summed E-state index contributed by atoms with van der Waals surface area (Å²) in [5.74, 6) is 0. The van der Waals surface area contributed by atoms with Crippen molar-refractivity contribution >= 4 is 28.4 Å². The number of pyridine rings is 1. The number of benzene rings is 1. The van der Waals surface area contributed by atoms with Gasteiger partial charge in [0.25, 0.3) is 5.69 Å². The minimum Gasteiger partial charge on any atom is -0.465 e. The monoisotopic (exact) mass is 233 g/mol. The van der Waals surface area contributed by atoms with Crippen LogP contribution >= 0.6 is 0 Å². The molecule has 0 atom stereocenters. The summed E-state index contributed by atoms with van der Waals surface area (Å²) in [6.07, 6.45) is 0.199. The predicted molar refractivity (Wildman–Crippen MR) is 60.0 cm³/mol. The first kappa shape index (κ1) is 10.8. The first-order valence-corrected chi connectivity index (χ1v) is 4.61. The van der Waals surface area contributed by atoms with Gasteiger partial charge < -0.3 is 5.11 Å². The van der Waals surface area contributed by atoms with Gasteiger partial charge in [-0.25, -0.2) is 4.79 Å². The number of carboxylic acid groups (broad SMARTS) is 1. The molecule has 86 valence electrons. The quantitative estimate of drug-likeness (QED) is 0.611. The summed E-state index contributed by atoms with van der Waals surface area (Å²) in [5.41, 5.74) is 0.367. The molecule has 0 radical (unpaired) electrons. The summed E-state index contributed by atoms with van der Waals surface area (Å²) in [5, 5.41) is 21.9. The molecule has 0 bridgehead atoms. The number of nitrogens with one attached hydrogen (secondary N) is 1. The second kappa shape index (κ2) is 4.05. The third kappa shape index (κ3) is 1.98. The van der Waals surface area contributed by atoms with Crippen molar-refractivity contribution < 1.29 is 14.8 Å². The van der Waals surface area contributed by atoms with E-state index >= 15 is 0 Å². The number of carbonyl (C=O) groups is 1. The van der Waals surface area contributed by atoms with E-state index in [0.717, 1.165) is 0 Å². The molecule has 1 amide bonds. The highest BCUT2D eigenvalue weighted by atomic mass is 16.6. The number of fused-ring (bicyclic) bond motifs is 1. The lowest BCUT2D eigenvalue weighted by Crippen LogP contribution is -2.08. The Hall–Kier alpha value is -2.70. The zero-order chi connectivity index (χ0) is 12.4. The van der Waals surface area contributed by atoms with Gasteiger partial charge in [0, 0.05) is 12.3 Å². The highest BCUT2D eigenvalue weighted by molar-refractivity contribution is 6.01. The van der Waals surface area contributed by atoms with Gasteiger partial charge in [0.1, 0.15) is 5.52 Å². The number of hydrogen-bond donors (Lipinski definition) is 2. The second-order valence-electron chi connectivity index (χ2n) is 3.22. The number of hydrogen-bond acceptors (Lipinski definition) is 4. The number of nitro benzene ring substituents is 1. The van der Waals surface area contributed by atoms with E-state index in [0.29, 0.717) is 5.39 Å². The Bertz CT molecular complexity index is 612. The molecule has 0 aliphatic heterocycles. The smallest absolute Gasteiger partial charge is 0.409 e. The molecule has 7 heteroatoms. The maximum atomic E-state index is 10.8. The molecular weight excluding hydrogens is 226 g/mol. The molecule has 2 rings (SSSR count). The summed E-state index contributed by atoms with van der Waals surface area (Å²) in [7, 11) is 0. The fourth-order valence-electron chi connectivity index (χ4n) is 1.53. The third-order valence-corrected chi connectivity index (χ3v) is 2.18. The Labute approximate surface area is 94.9 Å². The SMILES string of the molecule is O=C(O)Nc1ccc([N+](=O)[O-])c2cccnc12. The van der Waals surface area contributed by atoms with Gasteiger partial charge in [0.15, 0.2) is 0 Å². The van der Waals surface area contributed by atoms with Crippen molar-refractivity contribution in [3.63, 3.8) is 0 Å². The average molecular weight is 233 g/mol. The number of nitro groups is 1. The number of anilines is 1. The van der Waals surface area contributed by atoms with Gasteiger partial charge in [0.05, 0.1) is 16.0 Å². The van der Waals surface area contributed by atoms with E-state index in [9.17, 15) is 14.9 Å². The summed E-state index contributed by atoms with van der Waals surface area (Å²) in [4.78, 5) is 24.8. The van der Waals surface area contributed by atoms with Gasteiger partial charge in [-0.05, 0) is 18.2 Å².